The lowest BCUT2D eigenvalue weighted by molar-refractivity contribution is 0.630. The number of nitrogens with zero attached hydrogens (tertiary/aromatic N) is 2. The first-order valence-corrected chi connectivity index (χ1v) is 5.57. The molecule has 86 valence electrons. The smallest absolute Gasteiger partial charge is 0.137 e. The van der Waals surface area contributed by atoms with Gasteiger partial charge in [0.15, 0.2) is 0 Å². The predicted molar refractivity (Wildman–Crippen MR) is 62.5 cm³/mol. The van der Waals surface area contributed by atoms with Crippen molar-refractivity contribution in [2.45, 2.75) is 25.7 Å². The van der Waals surface area contributed by atoms with Crippen molar-refractivity contribution in [3.63, 3.8) is 0 Å². The number of hydrogen-bond acceptors (Lipinski definition) is 3. The van der Waals surface area contributed by atoms with Gasteiger partial charge in [-0.3, -0.25) is 0 Å². The van der Waals surface area contributed by atoms with Gasteiger partial charge >= 0.3 is 0 Å². The Morgan fingerprint density at radius 3 is 2.81 bits per heavy atom. The van der Waals surface area contributed by atoms with Gasteiger partial charge in [0.25, 0.3) is 0 Å². The Bertz CT molecular complexity index is 429. The van der Waals surface area contributed by atoms with Crippen molar-refractivity contribution in [3.05, 3.63) is 28.9 Å². The lowest BCUT2D eigenvalue weighted by Crippen LogP contribution is -2.08. The third kappa shape index (κ3) is 2.50. The first-order valence-electron chi connectivity index (χ1n) is 5.19. The third-order valence-corrected chi connectivity index (χ3v) is 2.86. The summed E-state index contributed by atoms with van der Waals surface area (Å²) in [5.41, 5.74) is 0.743. The van der Waals surface area contributed by atoms with Crippen LogP contribution < -0.4 is 5.32 Å². The molecule has 0 unspecified atom stereocenters. The van der Waals surface area contributed by atoms with Crippen molar-refractivity contribution in [2.75, 3.05) is 11.9 Å². The van der Waals surface area contributed by atoms with E-state index in [1.54, 1.807) is 0 Å². The summed E-state index contributed by atoms with van der Waals surface area (Å²) in [7, 11) is 0. The quantitative estimate of drug-likeness (QED) is 0.823. The summed E-state index contributed by atoms with van der Waals surface area (Å²) in [4.78, 5) is 8.57. The number of hydrogen-bond donors (Lipinski definition) is 1. The second kappa shape index (κ2) is 4.37. The second-order valence-electron chi connectivity index (χ2n) is 3.99. The minimum absolute atomic E-state index is 0.0539. The number of nitrogens with one attached hydrogen (secondary N) is 1. The fourth-order valence-corrected chi connectivity index (χ4v) is 1.56. The fourth-order valence-electron chi connectivity index (χ4n) is 1.38. The van der Waals surface area contributed by atoms with Crippen LogP contribution in [-0.4, -0.2) is 16.5 Å². The van der Waals surface area contributed by atoms with Gasteiger partial charge in [0.05, 0.1) is 6.54 Å². The zero-order valence-electron chi connectivity index (χ0n) is 9.06. The zero-order chi connectivity index (χ0) is 11.7. The fraction of sp³-hybridized carbons (Fsp3) is 0.455. The highest BCUT2D eigenvalue weighted by Crippen LogP contribution is 2.39. The molecule has 0 atom stereocenters. The molecule has 0 aliphatic heterocycles. The van der Waals surface area contributed by atoms with E-state index in [1.165, 1.54) is 0 Å². The summed E-state index contributed by atoms with van der Waals surface area (Å²) < 4.78 is 12.6. The molecule has 0 amide bonds. The van der Waals surface area contributed by atoms with E-state index >= 15 is 0 Å². The molecule has 1 saturated carbocycles. The van der Waals surface area contributed by atoms with Crippen LogP contribution in [0.1, 0.15) is 30.1 Å². The molecule has 16 heavy (non-hydrogen) atoms. The Morgan fingerprint density at radius 1 is 1.56 bits per heavy atom. The molecule has 2 rings (SSSR count). The molecule has 1 fully saturated rings. The Labute approximate surface area is 98.7 Å². The highest BCUT2D eigenvalue weighted by molar-refractivity contribution is 6.30. The van der Waals surface area contributed by atoms with Gasteiger partial charge in [-0.05, 0) is 19.8 Å². The molecule has 0 saturated heterocycles. The molecular formula is C11H13ClFN3. The van der Waals surface area contributed by atoms with E-state index in [0.29, 0.717) is 16.9 Å². The van der Waals surface area contributed by atoms with E-state index in [1.807, 2.05) is 6.92 Å². The van der Waals surface area contributed by atoms with Gasteiger partial charge < -0.3 is 5.32 Å². The average Bonchev–Trinajstić information content (AvgIpc) is 3.03. The molecule has 1 heterocycles. The SMILES string of the molecule is C=C(F)CNc1nc(C2CC2)nc(Cl)c1C. The van der Waals surface area contributed by atoms with Crippen LogP contribution in [0.2, 0.25) is 5.15 Å². The van der Waals surface area contributed by atoms with Crippen molar-refractivity contribution in [3.8, 4) is 0 Å². The Balaban J connectivity index is 2.23. The van der Waals surface area contributed by atoms with Crippen LogP contribution in [0.4, 0.5) is 10.2 Å². The maximum Gasteiger partial charge on any atom is 0.137 e. The summed E-state index contributed by atoms with van der Waals surface area (Å²) >= 11 is 6.00. The first kappa shape index (κ1) is 11.3. The largest absolute Gasteiger partial charge is 0.363 e. The standard InChI is InChI=1S/C11H13ClFN3/c1-6(13)5-14-10-7(2)9(12)15-11(16-10)8-3-4-8/h8H,1,3-5H2,2H3,(H,14,15,16). The zero-order valence-corrected chi connectivity index (χ0v) is 9.81. The Morgan fingerprint density at radius 2 is 2.25 bits per heavy atom. The first-order chi connectivity index (χ1) is 7.58. The minimum atomic E-state index is -0.429. The van der Waals surface area contributed by atoms with E-state index in [4.69, 9.17) is 11.6 Å². The maximum atomic E-state index is 12.6. The molecule has 0 spiro atoms. The molecule has 1 aromatic rings. The summed E-state index contributed by atoms with van der Waals surface area (Å²) in [5.74, 6) is 1.35. The van der Waals surface area contributed by atoms with Crippen LogP contribution in [0, 0.1) is 6.92 Å². The van der Waals surface area contributed by atoms with Gasteiger partial charge in [-0.25, -0.2) is 14.4 Å². The average molecular weight is 242 g/mol. The van der Waals surface area contributed by atoms with Gasteiger partial charge in [-0.1, -0.05) is 18.2 Å². The van der Waals surface area contributed by atoms with Gasteiger partial charge in [-0.2, -0.15) is 0 Å². The summed E-state index contributed by atoms with van der Waals surface area (Å²) in [6.45, 7) is 5.05. The molecule has 0 radical (unpaired) electrons. The van der Waals surface area contributed by atoms with Crippen LogP contribution in [0.3, 0.4) is 0 Å². The lowest BCUT2D eigenvalue weighted by atomic mass is 10.3. The van der Waals surface area contributed by atoms with E-state index in [2.05, 4.69) is 21.9 Å². The lowest BCUT2D eigenvalue weighted by Gasteiger charge is -2.10. The summed E-state index contributed by atoms with van der Waals surface area (Å²) in [6, 6.07) is 0. The Hall–Kier alpha value is -1.16. The van der Waals surface area contributed by atoms with Crippen molar-refractivity contribution < 1.29 is 4.39 Å². The van der Waals surface area contributed by atoms with Gasteiger partial charge in [0.2, 0.25) is 0 Å². The van der Waals surface area contributed by atoms with Gasteiger partial charge in [0.1, 0.15) is 22.6 Å². The topological polar surface area (TPSA) is 37.8 Å². The molecule has 1 N–H and O–H groups in total. The van der Waals surface area contributed by atoms with Crippen molar-refractivity contribution in [1.82, 2.24) is 9.97 Å². The molecule has 0 aromatic carbocycles. The van der Waals surface area contributed by atoms with Gasteiger partial charge in [-0.15, -0.1) is 0 Å². The molecule has 1 aromatic heterocycles. The molecule has 3 nitrogen and oxygen atoms in total. The van der Waals surface area contributed by atoms with Gasteiger partial charge in [0, 0.05) is 11.5 Å². The number of aromatic nitrogens is 2. The van der Waals surface area contributed by atoms with Crippen LogP contribution >= 0.6 is 11.6 Å². The van der Waals surface area contributed by atoms with Crippen LogP contribution in [0.15, 0.2) is 12.4 Å². The predicted octanol–water partition coefficient (Wildman–Crippen LogP) is 3.21. The van der Waals surface area contributed by atoms with Crippen LogP contribution in [-0.2, 0) is 0 Å². The highest BCUT2D eigenvalue weighted by atomic mass is 35.5. The van der Waals surface area contributed by atoms with E-state index in [9.17, 15) is 4.39 Å². The Kier molecular flexibility index (Phi) is 3.10. The molecule has 0 bridgehead atoms. The maximum absolute atomic E-state index is 12.6. The molecular weight excluding hydrogens is 229 g/mol. The molecule has 1 aliphatic carbocycles. The second-order valence-corrected chi connectivity index (χ2v) is 4.35. The molecule has 5 heteroatoms. The van der Waals surface area contributed by atoms with E-state index in [-0.39, 0.29) is 6.54 Å². The number of rotatable bonds is 4. The van der Waals surface area contributed by atoms with Crippen molar-refractivity contribution in [2.24, 2.45) is 0 Å². The van der Waals surface area contributed by atoms with Crippen molar-refractivity contribution >= 4 is 17.4 Å². The third-order valence-electron chi connectivity index (χ3n) is 2.49. The monoisotopic (exact) mass is 241 g/mol. The van der Waals surface area contributed by atoms with Crippen molar-refractivity contribution in [1.29, 1.82) is 0 Å². The van der Waals surface area contributed by atoms with Crippen LogP contribution in [0.5, 0.6) is 0 Å². The minimum Gasteiger partial charge on any atom is -0.363 e. The number of anilines is 1. The normalized spacial score (nSPS) is 14.9. The summed E-state index contributed by atoms with van der Waals surface area (Å²) in [6.07, 6.45) is 2.21. The van der Waals surface area contributed by atoms with E-state index in [0.717, 1.165) is 24.2 Å². The summed E-state index contributed by atoms with van der Waals surface area (Å²) in [5, 5.41) is 3.30. The highest BCUT2D eigenvalue weighted by Gasteiger charge is 2.27. The molecule has 1 aliphatic rings. The van der Waals surface area contributed by atoms with E-state index < -0.39 is 5.83 Å². The number of halogens is 2. The van der Waals surface area contributed by atoms with Crippen LogP contribution in [0.25, 0.3) is 0 Å².